The van der Waals surface area contributed by atoms with Crippen molar-refractivity contribution < 1.29 is 27.8 Å². The minimum atomic E-state index is -4.14. The van der Waals surface area contributed by atoms with E-state index in [0.29, 0.717) is 22.9 Å². The lowest BCUT2D eigenvalue weighted by Crippen LogP contribution is -2.42. The predicted molar refractivity (Wildman–Crippen MR) is 150 cm³/mol. The molecule has 4 rings (SSSR count). The molecule has 1 atom stereocenters. The molecule has 0 aliphatic rings. The summed E-state index contributed by atoms with van der Waals surface area (Å²) in [5.41, 5.74) is 2.51. The molecule has 4 aromatic rings. The summed E-state index contributed by atoms with van der Waals surface area (Å²) < 4.78 is 41.1. The molecule has 39 heavy (non-hydrogen) atoms. The number of sulfonamides is 1. The highest BCUT2D eigenvalue weighted by Crippen LogP contribution is 2.28. The van der Waals surface area contributed by atoms with Crippen LogP contribution in [0.25, 0.3) is 10.9 Å². The zero-order valence-electron chi connectivity index (χ0n) is 21.3. The van der Waals surface area contributed by atoms with Gasteiger partial charge in [-0.25, -0.2) is 8.42 Å². The molecule has 10 heteroatoms. The molecule has 202 valence electrons. The first-order chi connectivity index (χ1) is 18.7. The van der Waals surface area contributed by atoms with E-state index in [4.69, 9.17) is 21.1 Å². The van der Waals surface area contributed by atoms with Gasteiger partial charge >= 0.3 is 5.97 Å². The third-order valence-electron chi connectivity index (χ3n) is 6.08. The molecule has 1 heterocycles. The summed E-state index contributed by atoms with van der Waals surface area (Å²) in [5, 5.41) is 11.2. The second kappa shape index (κ2) is 12.3. The summed E-state index contributed by atoms with van der Waals surface area (Å²) in [6.07, 6.45) is 1.75. The fourth-order valence-electron chi connectivity index (χ4n) is 4.13. The van der Waals surface area contributed by atoms with E-state index in [1.54, 1.807) is 26.2 Å². The number of nitrogens with zero attached hydrogens (tertiary/aromatic N) is 1. The van der Waals surface area contributed by atoms with Crippen molar-refractivity contribution in [3.8, 4) is 23.3 Å². The number of rotatable bonds is 11. The van der Waals surface area contributed by atoms with Crippen molar-refractivity contribution in [2.24, 2.45) is 0 Å². The number of fused-ring (bicyclic) bond motifs is 1. The monoisotopic (exact) mass is 566 g/mol. The van der Waals surface area contributed by atoms with E-state index >= 15 is 0 Å². The van der Waals surface area contributed by atoms with Crippen molar-refractivity contribution in [2.45, 2.75) is 30.8 Å². The lowest BCUT2D eigenvalue weighted by Gasteiger charge is -2.15. The van der Waals surface area contributed by atoms with Crippen molar-refractivity contribution in [3.05, 3.63) is 89.1 Å². The van der Waals surface area contributed by atoms with E-state index in [1.807, 2.05) is 41.1 Å². The molecule has 0 amide bonds. The van der Waals surface area contributed by atoms with Crippen LogP contribution < -0.4 is 14.2 Å². The van der Waals surface area contributed by atoms with Gasteiger partial charge in [0.2, 0.25) is 10.0 Å². The Labute approximate surface area is 232 Å². The van der Waals surface area contributed by atoms with Gasteiger partial charge in [-0.05, 0) is 72.6 Å². The number of carboxylic acid groups (broad SMARTS) is 1. The van der Waals surface area contributed by atoms with Crippen LogP contribution in [0.5, 0.6) is 11.5 Å². The molecule has 2 N–H and O–H groups in total. The lowest BCUT2D eigenvalue weighted by molar-refractivity contribution is -0.138. The topological polar surface area (TPSA) is 107 Å². The molecule has 0 fully saturated rings. The molecule has 0 radical (unpaired) electrons. The van der Waals surface area contributed by atoms with Crippen molar-refractivity contribution in [1.29, 1.82) is 0 Å². The Balaban J connectivity index is 1.59. The number of benzene rings is 3. The molecule has 0 aliphatic carbocycles. The third-order valence-corrected chi connectivity index (χ3v) is 7.80. The fraction of sp³-hybridized carbons (Fsp3) is 0.207. The van der Waals surface area contributed by atoms with Crippen LogP contribution in [0.4, 0.5) is 0 Å². The normalized spacial score (nSPS) is 12.0. The lowest BCUT2D eigenvalue weighted by atomic mass is 10.1. The number of aliphatic carboxylic acids is 1. The maximum absolute atomic E-state index is 13.1. The largest absolute Gasteiger partial charge is 0.497 e. The van der Waals surface area contributed by atoms with Gasteiger partial charge in [0.05, 0.1) is 12.0 Å². The van der Waals surface area contributed by atoms with Gasteiger partial charge < -0.3 is 19.1 Å². The molecule has 0 saturated carbocycles. The summed E-state index contributed by atoms with van der Waals surface area (Å²) in [4.78, 5) is 12.1. The van der Waals surface area contributed by atoms with E-state index in [2.05, 4.69) is 16.6 Å². The first-order valence-corrected chi connectivity index (χ1v) is 13.8. The first kappa shape index (κ1) is 28.0. The fourth-order valence-corrected chi connectivity index (χ4v) is 5.49. The summed E-state index contributed by atoms with van der Waals surface area (Å²) in [6.45, 7) is 2.39. The summed E-state index contributed by atoms with van der Waals surface area (Å²) in [6, 6.07) is 17.3. The minimum absolute atomic E-state index is 0.0762. The molecular formula is C29H27ClN2O6S. The predicted octanol–water partition coefficient (Wildman–Crippen LogP) is 4.73. The second-order valence-electron chi connectivity index (χ2n) is 8.69. The standard InChI is InChI=1S/C29H27ClN2O6S/c1-3-4-15-38-24-10-12-25(13-11-24)39(35,36)31-27(29(33)34)16-21-19-32(28-14-7-22(30)17-26(21)28)18-20-5-8-23(37-2)9-6-20/h5-14,17,19,27,31H,15-16,18H2,1-2H3,(H,33,34). The highest BCUT2D eigenvalue weighted by atomic mass is 35.5. The number of methoxy groups -OCH3 is 1. The van der Waals surface area contributed by atoms with Gasteiger partial charge in [0.15, 0.2) is 0 Å². The average Bonchev–Trinajstić information content (AvgIpc) is 3.24. The van der Waals surface area contributed by atoms with E-state index < -0.39 is 22.0 Å². The molecule has 1 aromatic heterocycles. The van der Waals surface area contributed by atoms with Crippen molar-refractivity contribution in [1.82, 2.24) is 9.29 Å². The maximum atomic E-state index is 13.1. The Bertz CT molecular complexity index is 1640. The summed E-state index contributed by atoms with van der Waals surface area (Å²) >= 11 is 6.26. The smallest absolute Gasteiger partial charge is 0.322 e. The molecular weight excluding hydrogens is 540 g/mol. The van der Waals surface area contributed by atoms with Gasteiger partial charge in [-0.15, -0.1) is 5.92 Å². The van der Waals surface area contributed by atoms with Gasteiger partial charge in [0.25, 0.3) is 0 Å². The molecule has 0 spiro atoms. The number of carboxylic acids is 1. The molecule has 0 bridgehead atoms. The van der Waals surface area contributed by atoms with Crippen LogP contribution in [0.1, 0.15) is 18.1 Å². The Morgan fingerprint density at radius 3 is 2.41 bits per heavy atom. The Kier molecular flexibility index (Phi) is 8.82. The van der Waals surface area contributed by atoms with Crippen molar-refractivity contribution in [3.63, 3.8) is 0 Å². The first-order valence-electron chi connectivity index (χ1n) is 12.0. The Morgan fingerprint density at radius 1 is 1.08 bits per heavy atom. The zero-order chi connectivity index (χ0) is 28.0. The van der Waals surface area contributed by atoms with E-state index in [0.717, 1.165) is 22.2 Å². The third kappa shape index (κ3) is 6.92. The summed E-state index contributed by atoms with van der Waals surface area (Å²) in [5.74, 6) is 5.36. The van der Waals surface area contributed by atoms with Crippen molar-refractivity contribution in [2.75, 3.05) is 13.7 Å². The molecule has 0 saturated heterocycles. The van der Waals surface area contributed by atoms with Crippen LogP contribution in [0.15, 0.2) is 77.8 Å². The SMILES string of the molecule is CC#CCOc1ccc(S(=O)(=O)NC(Cc2cn(Cc3ccc(OC)cc3)c3ccc(Cl)cc23)C(=O)O)cc1. The maximum Gasteiger partial charge on any atom is 0.322 e. The van der Waals surface area contributed by atoms with Crippen molar-refractivity contribution >= 4 is 38.5 Å². The number of halogens is 1. The van der Waals surface area contributed by atoms with E-state index in [-0.39, 0.29) is 17.9 Å². The van der Waals surface area contributed by atoms with Gasteiger partial charge in [-0.2, -0.15) is 4.72 Å². The number of hydrogen-bond acceptors (Lipinski definition) is 5. The second-order valence-corrected chi connectivity index (χ2v) is 10.8. The van der Waals surface area contributed by atoms with Crippen LogP contribution in [-0.4, -0.2) is 43.8 Å². The average molecular weight is 567 g/mol. The number of aromatic nitrogens is 1. The summed E-state index contributed by atoms with van der Waals surface area (Å²) in [7, 11) is -2.53. The van der Waals surface area contributed by atoms with Gasteiger partial charge in [0, 0.05) is 35.1 Å². The van der Waals surface area contributed by atoms with Crippen LogP contribution in [0.3, 0.4) is 0 Å². The number of carbonyl (C=O) groups is 1. The zero-order valence-corrected chi connectivity index (χ0v) is 22.9. The number of ether oxygens (including phenoxy) is 2. The van der Waals surface area contributed by atoms with Gasteiger partial charge in [-0.1, -0.05) is 29.7 Å². The van der Waals surface area contributed by atoms with E-state index in [1.165, 1.54) is 24.3 Å². The van der Waals surface area contributed by atoms with E-state index in [9.17, 15) is 18.3 Å². The number of hydrogen-bond donors (Lipinski definition) is 2. The Hall–Kier alpha value is -3.97. The molecule has 3 aromatic carbocycles. The van der Waals surface area contributed by atoms with Crippen LogP contribution >= 0.6 is 11.6 Å². The molecule has 8 nitrogen and oxygen atoms in total. The molecule has 0 aliphatic heterocycles. The Morgan fingerprint density at radius 2 is 1.77 bits per heavy atom. The highest BCUT2D eigenvalue weighted by molar-refractivity contribution is 7.89. The van der Waals surface area contributed by atoms with Gasteiger partial charge in [-0.3, -0.25) is 4.79 Å². The molecule has 1 unspecified atom stereocenters. The minimum Gasteiger partial charge on any atom is -0.497 e. The van der Waals surface area contributed by atoms with Crippen LogP contribution in [-0.2, 0) is 27.8 Å². The highest BCUT2D eigenvalue weighted by Gasteiger charge is 2.27. The van der Waals surface area contributed by atoms with Crippen LogP contribution in [0.2, 0.25) is 5.02 Å². The van der Waals surface area contributed by atoms with Gasteiger partial charge in [0.1, 0.15) is 24.1 Å². The number of nitrogens with one attached hydrogen (secondary N) is 1. The van der Waals surface area contributed by atoms with Crippen LogP contribution in [0, 0.1) is 11.8 Å². The quantitative estimate of drug-likeness (QED) is 0.254.